The van der Waals surface area contributed by atoms with Crippen molar-refractivity contribution in [2.24, 2.45) is 5.92 Å². The number of hydrogen-bond acceptors (Lipinski definition) is 2. The Hall–Kier alpha value is -1.06. The normalized spacial score (nSPS) is 17.7. The van der Waals surface area contributed by atoms with E-state index in [2.05, 4.69) is 19.2 Å². The lowest BCUT2D eigenvalue weighted by atomic mass is 10.1. The summed E-state index contributed by atoms with van der Waals surface area (Å²) in [6.07, 6.45) is 12.4. The summed E-state index contributed by atoms with van der Waals surface area (Å²) in [6, 6.07) is 0. The lowest BCUT2D eigenvalue weighted by molar-refractivity contribution is -0.129. The maximum atomic E-state index is 12.1. The van der Waals surface area contributed by atoms with Gasteiger partial charge in [0.15, 0.2) is 0 Å². The minimum absolute atomic E-state index is 0.0697. The molecule has 1 saturated heterocycles. The molecule has 23 heavy (non-hydrogen) atoms. The molecule has 1 fully saturated rings. The maximum Gasteiger partial charge on any atom is 0.225 e. The molecule has 0 aromatic rings. The first kappa shape index (κ1) is 20.0. The molecule has 4 nitrogen and oxygen atoms in total. The number of likely N-dealkylation sites (tertiary alicyclic amines) is 1. The van der Waals surface area contributed by atoms with E-state index in [1.165, 1.54) is 51.4 Å². The van der Waals surface area contributed by atoms with Crippen molar-refractivity contribution in [1.29, 1.82) is 0 Å². The summed E-state index contributed by atoms with van der Waals surface area (Å²) in [7, 11) is 0. The fourth-order valence-electron chi connectivity index (χ4n) is 3.15. The molecule has 1 N–H and O–H groups in total. The Balaban J connectivity index is 2.13. The number of rotatable bonds is 13. The monoisotopic (exact) mass is 324 g/mol. The largest absolute Gasteiger partial charge is 0.356 e. The first-order valence-corrected chi connectivity index (χ1v) is 9.74. The SMILES string of the molecule is CCCCCCCCN1CC(C(=O)NCCCCCC)CC1=O. The van der Waals surface area contributed by atoms with E-state index >= 15 is 0 Å². The van der Waals surface area contributed by atoms with Gasteiger partial charge in [0.2, 0.25) is 11.8 Å². The summed E-state index contributed by atoms with van der Waals surface area (Å²) in [4.78, 5) is 26.0. The van der Waals surface area contributed by atoms with Crippen molar-refractivity contribution in [2.45, 2.75) is 84.5 Å². The second kappa shape index (κ2) is 12.4. The summed E-state index contributed by atoms with van der Waals surface area (Å²) >= 11 is 0. The molecule has 0 aromatic heterocycles. The van der Waals surface area contributed by atoms with Gasteiger partial charge in [-0.3, -0.25) is 9.59 Å². The Labute approximate surface area is 142 Å². The number of hydrogen-bond donors (Lipinski definition) is 1. The molecule has 0 saturated carbocycles. The van der Waals surface area contributed by atoms with Gasteiger partial charge >= 0.3 is 0 Å². The van der Waals surface area contributed by atoms with Gasteiger partial charge in [0.1, 0.15) is 0 Å². The zero-order valence-corrected chi connectivity index (χ0v) is 15.2. The Bertz CT molecular complexity index is 344. The molecule has 1 atom stereocenters. The molecule has 134 valence electrons. The molecular weight excluding hydrogens is 288 g/mol. The van der Waals surface area contributed by atoms with Crippen molar-refractivity contribution in [2.75, 3.05) is 19.6 Å². The Morgan fingerprint density at radius 2 is 1.61 bits per heavy atom. The molecule has 0 aliphatic carbocycles. The molecule has 0 radical (unpaired) electrons. The maximum absolute atomic E-state index is 12.1. The van der Waals surface area contributed by atoms with Gasteiger partial charge in [-0.25, -0.2) is 0 Å². The standard InChI is InChI=1S/C19H36N2O2/c1-3-5-7-9-10-12-14-21-16-17(15-18(21)22)19(23)20-13-11-8-6-4-2/h17H,3-16H2,1-2H3,(H,20,23). The quantitative estimate of drug-likeness (QED) is 0.522. The minimum atomic E-state index is -0.131. The molecule has 1 aliphatic heterocycles. The average Bonchev–Trinajstić information content (AvgIpc) is 2.91. The van der Waals surface area contributed by atoms with E-state index in [1.54, 1.807) is 0 Å². The van der Waals surface area contributed by atoms with Crippen LogP contribution in [0.2, 0.25) is 0 Å². The second-order valence-corrected chi connectivity index (χ2v) is 6.86. The lowest BCUT2D eigenvalue weighted by Crippen LogP contribution is -2.33. The van der Waals surface area contributed by atoms with Crippen LogP contribution in [-0.4, -0.2) is 36.3 Å². The van der Waals surface area contributed by atoms with E-state index in [-0.39, 0.29) is 17.7 Å². The number of nitrogens with zero attached hydrogens (tertiary/aromatic N) is 1. The van der Waals surface area contributed by atoms with Gasteiger partial charge in [-0.05, 0) is 12.8 Å². The van der Waals surface area contributed by atoms with Gasteiger partial charge in [-0.15, -0.1) is 0 Å². The summed E-state index contributed by atoms with van der Waals surface area (Å²) < 4.78 is 0. The highest BCUT2D eigenvalue weighted by atomic mass is 16.2. The zero-order valence-electron chi connectivity index (χ0n) is 15.2. The van der Waals surface area contributed by atoms with Crippen molar-refractivity contribution in [3.05, 3.63) is 0 Å². The summed E-state index contributed by atoms with van der Waals surface area (Å²) in [6.45, 7) is 6.60. The predicted octanol–water partition coefficient (Wildman–Crippen LogP) is 3.89. The average molecular weight is 325 g/mol. The van der Waals surface area contributed by atoms with Gasteiger partial charge in [0, 0.05) is 26.1 Å². The molecule has 1 unspecified atom stereocenters. The highest BCUT2D eigenvalue weighted by Crippen LogP contribution is 2.19. The first-order valence-electron chi connectivity index (χ1n) is 9.74. The number of nitrogens with one attached hydrogen (secondary N) is 1. The van der Waals surface area contributed by atoms with Gasteiger partial charge in [-0.2, -0.15) is 0 Å². The molecule has 0 spiro atoms. The van der Waals surface area contributed by atoms with E-state index in [0.717, 1.165) is 25.9 Å². The smallest absolute Gasteiger partial charge is 0.225 e. The molecule has 1 heterocycles. The second-order valence-electron chi connectivity index (χ2n) is 6.86. The molecule has 0 aromatic carbocycles. The van der Waals surface area contributed by atoms with Crippen molar-refractivity contribution in [3.63, 3.8) is 0 Å². The summed E-state index contributed by atoms with van der Waals surface area (Å²) in [5, 5.41) is 3.00. The molecule has 2 amide bonds. The van der Waals surface area contributed by atoms with Gasteiger partial charge in [-0.1, -0.05) is 65.2 Å². The summed E-state index contributed by atoms with van der Waals surface area (Å²) in [5.41, 5.74) is 0. The fourth-order valence-corrected chi connectivity index (χ4v) is 3.15. The van der Waals surface area contributed by atoms with Crippen LogP contribution in [0.25, 0.3) is 0 Å². The van der Waals surface area contributed by atoms with Crippen molar-refractivity contribution in [3.8, 4) is 0 Å². The van der Waals surface area contributed by atoms with Crippen molar-refractivity contribution in [1.82, 2.24) is 10.2 Å². The van der Waals surface area contributed by atoms with E-state index < -0.39 is 0 Å². The van der Waals surface area contributed by atoms with Gasteiger partial charge in [0.05, 0.1) is 5.92 Å². The highest BCUT2D eigenvalue weighted by molar-refractivity contribution is 5.89. The number of carbonyl (C=O) groups excluding carboxylic acids is 2. The van der Waals surface area contributed by atoms with Crippen LogP contribution >= 0.6 is 0 Å². The molecular formula is C19H36N2O2. The molecule has 1 rings (SSSR count). The minimum Gasteiger partial charge on any atom is -0.356 e. The van der Waals surface area contributed by atoms with Crippen molar-refractivity contribution >= 4 is 11.8 Å². The predicted molar refractivity (Wildman–Crippen MR) is 95.2 cm³/mol. The van der Waals surface area contributed by atoms with E-state index in [4.69, 9.17) is 0 Å². The lowest BCUT2D eigenvalue weighted by Gasteiger charge is -2.16. The van der Waals surface area contributed by atoms with Crippen LogP contribution in [0.4, 0.5) is 0 Å². The Kier molecular flexibility index (Phi) is 10.8. The van der Waals surface area contributed by atoms with Crippen LogP contribution in [0.5, 0.6) is 0 Å². The van der Waals surface area contributed by atoms with E-state index in [9.17, 15) is 9.59 Å². The number of unbranched alkanes of at least 4 members (excludes halogenated alkanes) is 8. The van der Waals surface area contributed by atoms with E-state index in [1.807, 2.05) is 4.90 Å². The van der Waals surface area contributed by atoms with Crippen LogP contribution in [0.3, 0.4) is 0 Å². The van der Waals surface area contributed by atoms with Crippen LogP contribution < -0.4 is 5.32 Å². The molecule has 1 aliphatic rings. The number of amides is 2. The highest BCUT2D eigenvalue weighted by Gasteiger charge is 2.33. The topological polar surface area (TPSA) is 49.4 Å². The number of carbonyl (C=O) groups is 2. The van der Waals surface area contributed by atoms with Crippen LogP contribution in [0.1, 0.15) is 84.5 Å². The third kappa shape index (κ3) is 8.38. The van der Waals surface area contributed by atoms with Crippen LogP contribution in [0.15, 0.2) is 0 Å². The van der Waals surface area contributed by atoms with Crippen molar-refractivity contribution < 1.29 is 9.59 Å². The first-order chi connectivity index (χ1) is 11.2. The zero-order chi connectivity index (χ0) is 16.9. The summed E-state index contributed by atoms with van der Waals surface area (Å²) in [5.74, 6) is 0.0961. The molecule has 0 bridgehead atoms. The fraction of sp³-hybridized carbons (Fsp3) is 0.895. The van der Waals surface area contributed by atoms with Gasteiger partial charge in [0.25, 0.3) is 0 Å². The van der Waals surface area contributed by atoms with Crippen LogP contribution in [0, 0.1) is 5.92 Å². The van der Waals surface area contributed by atoms with E-state index in [0.29, 0.717) is 13.0 Å². The van der Waals surface area contributed by atoms with Crippen LogP contribution in [-0.2, 0) is 9.59 Å². The third-order valence-corrected chi connectivity index (χ3v) is 4.70. The van der Waals surface area contributed by atoms with Gasteiger partial charge < -0.3 is 10.2 Å². The Morgan fingerprint density at radius 1 is 1.00 bits per heavy atom. The molecule has 4 heteroatoms. The Morgan fingerprint density at radius 3 is 2.30 bits per heavy atom. The third-order valence-electron chi connectivity index (χ3n) is 4.70.